The highest BCUT2D eigenvalue weighted by Gasteiger charge is 2.35. The van der Waals surface area contributed by atoms with Gasteiger partial charge in [0.1, 0.15) is 0 Å². The SMILES string of the molecule is [2H]/C(=C\c1cc2ccccc2c2ccccc12)c1ccc(N(c2ccccc2)c2ccc3c(c2)C(C)(C)c2ccccc2-3)cc1. The molecule has 8 rings (SSSR count). The Kier molecular flexibility index (Phi) is 5.94. The van der Waals surface area contributed by atoms with Crippen LogP contribution in [0.2, 0.25) is 0 Å². The fourth-order valence-corrected chi connectivity index (χ4v) is 6.93. The van der Waals surface area contributed by atoms with Crippen molar-refractivity contribution in [1.29, 1.82) is 0 Å². The van der Waals surface area contributed by atoms with E-state index in [0.29, 0.717) is 6.05 Å². The first-order valence-electron chi connectivity index (χ1n) is 15.8. The molecule has 0 spiro atoms. The summed E-state index contributed by atoms with van der Waals surface area (Å²) in [6.45, 7) is 4.65. The molecule has 0 N–H and O–H groups in total. The van der Waals surface area contributed by atoms with Crippen LogP contribution in [-0.2, 0) is 5.41 Å². The standard InChI is InChI=1S/C43H33N/c1-43(2)41-19-11-10-18-39(41)40-27-26-35(29-42(40)43)44(33-13-4-3-5-14-33)34-24-21-30(22-25-34)20-23-32-28-31-12-6-7-15-36(31)38-17-9-8-16-37(32)38/h3-29H,1-2H3/b23-20+/i20D. The van der Waals surface area contributed by atoms with Crippen molar-refractivity contribution in [2.45, 2.75) is 19.3 Å². The first-order chi connectivity index (χ1) is 22.0. The molecule has 7 aromatic rings. The molecule has 1 aliphatic rings. The van der Waals surface area contributed by atoms with E-state index in [4.69, 9.17) is 1.37 Å². The van der Waals surface area contributed by atoms with E-state index in [2.05, 4.69) is 170 Å². The van der Waals surface area contributed by atoms with Crippen LogP contribution in [0.15, 0.2) is 152 Å². The van der Waals surface area contributed by atoms with Crippen LogP contribution < -0.4 is 4.90 Å². The first-order valence-corrected chi connectivity index (χ1v) is 15.3. The fraction of sp³-hybridized carbons (Fsp3) is 0.0698. The molecule has 0 unspecified atom stereocenters. The van der Waals surface area contributed by atoms with Crippen molar-refractivity contribution >= 4 is 50.7 Å². The molecule has 0 saturated heterocycles. The normalized spacial score (nSPS) is 13.9. The molecule has 1 nitrogen and oxygen atoms in total. The number of para-hydroxylation sites is 1. The lowest BCUT2D eigenvalue weighted by molar-refractivity contribution is 0.660. The highest BCUT2D eigenvalue weighted by Crippen LogP contribution is 2.50. The summed E-state index contributed by atoms with van der Waals surface area (Å²) in [6, 6.07) is 54.2. The van der Waals surface area contributed by atoms with Crippen molar-refractivity contribution in [2.24, 2.45) is 0 Å². The van der Waals surface area contributed by atoms with E-state index in [1.54, 1.807) is 0 Å². The van der Waals surface area contributed by atoms with Crippen LogP contribution in [0, 0.1) is 0 Å². The highest BCUT2D eigenvalue weighted by atomic mass is 15.1. The molecule has 0 heterocycles. The second-order valence-corrected chi connectivity index (χ2v) is 12.1. The van der Waals surface area contributed by atoms with Gasteiger partial charge in [-0.1, -0.05) is 135 Å². The Morgan fingerprint density at radius 3 is 1.95 bits per heavy atom. The maximum Gasteiger partial charge on any atom is 0.0629 e. The van der Waals surface area contributed by atoms with Gasteiger partial charge < -0.3 is 4.90 Å². The monoisotopic (exact) mass is 564 g/mol. The summed E-state index contributed by atoms with van der Waals surface area (Å²) < 4.78 is 9.08. The van der Waals surface area contributed by atoms with Crippen LogP contribution in [0.3, 0.4) is 0 Å². The zero-order valence-corrected chi connectivity index (χ0v) is 25.0. The summed E-state index contributed by atoms with van der Waals surface area (Å²) in [6.07, 6.45) is 2.00. The van der Waals surface area contributed by atoms with Gasteiger partial charge in [0.2, 0.25) is 0 Å². The molecular formula is C43H33N. The van der Waals surface area contributed by atoms with Gasteiger partial charge in [0, 0.05) is 22.5 Å². The van der Waals surface area contributed by atoms with E-state index < -0.39 is 0 Å². The Morgan fingerprint density at radius 2 is 1.14 bits per heavy atom. The highest BCUT2D eigenvalue weighted by molar-refractivity contribution is 6.11. The van der Waals surface area contributed by atoms with E-state index in [1.165, 1.54) is 38.4 Å². The van der Waals surface area contributed by atoms with Crippen molar-refractivity contribution < 1.29 is 1.37 Å². The Morgan fingerprint density at radius 1 is 0.523 bits per heavy atom. The molecule has 7 aromatic carbocycles. The fourth-order valence-electron chi connectivity index (χ4n) is 6.93. The molecule has 0 amide bonds. The second-order valence-electron chi connectivity index (χ2n) is 12.1. The Hall–Kier alpha value is -5.40. The van der Waals surface area contributed by atoms with E-state index >= 15 is 0 Å². The number of anilines is 3. The second kappa shape index (κ2) is 10.4. The zero-order valence-electron chi connectivity index (χ0n) is 26.0. The largest absolute Gasteiger partial charge is 0.310 e. The van der Waals surface area contributed by atoms with E-state index in [0.717, 1.165) is 33.6 Å². The van der Waals surface area contributed by atoms with Crippen molar-refractivity contribution in [1.82, 2.24) is 0 Å². The smallest absolute Gasteiger partial charge is 0.0629 e. The third kappa shape index (κ3) is 4.32. The third-order valence-corrected chi connectivity index (χ3v) is 9.16. The van der Waals surface area contributed by atoms with Gasteiger partial charge in [-0.25, -0.2) is 0 Å². The van der Waals surface area contributed by atoms with Crippen molar-refractivity contribution in [2.75, 3.05) is 4.90 Å². The number of nitrogens with zero attached hydrogens (tertiary/aromatic N) is 1. The Bertz CT molecular complexity index is 2240. The van der Waals surface area contributed by atoms with Crippen LogP contribution in [0.25, 0.3) is 44.8 Å². The molecule has 0 bridgehead atoms. The Labute approximate surface area is 260 Å². The van der Waals surface area contributed by atoms with Gasteiger partial charge in [-0.2, -0.15) is 0 Å². The Balaban J connectivity index is 1.19. The van der Waals surface area contributed by atoms with E-state index in [9.17, 15) is 0 Å². The number of rotatable bonds is 5. The average molecular weight is 565 g/mol. The predicted molar refractivity (Wildman–Crippen MR) is 189 cm³/mol. The molecule has 0 atom stereocenters. The predicted octanol–water partition coefficient (Wildman–Crippen LogP) is 11.9. The van der Waals surface area contributed by atoms with Gasteiger partial charge in [-0.05, 0) is 97.4 Å². The molecule has 1 aliphatic carbocycles. The van der Waals surface area contributed by atoms with Gasteiger partial charge in [0.15, 0.2) is 0 Å². The van der Waals surface area contributed by atoms with Crippen LogP contribution in [0.5, 0.6) is 0 Å². The molecule has 0 fully saturated rings. The molecule has 0 aliphatic heterocycles. The lowest BCUT2D eigenvalue weighted by Gasteiger charge is -2.28. The number of benzene rings is 7. The van der Waals surface area contributed by atoms with Gasteiger partial charge in [-0.3, -0.25) is 0 Å². The maximum atomic E-state index is 9.08. The summed E-state index contributed by atoms with van der Waals surface area (Å²) in [5.41, 5.74) is 10.5. The molecule has 0 radical (unpaired) electrons. The van der Waals surface area contributed by atoms with Crippen molar-refractivity contribution in [3.63, 3.8) is 0 Å². The maximum absolute atomic E-state index is 9.08. The van der Waals surface area contributed by atoms with Crippen molar-refractivity contribution in [3.8, 4) is 11.1 Å². The first kappa shape index (κ1) is 25.1. The lowest BCUT2D eigenvalue weighted by atomic mass is 9.82. The van der Waals surface area contributed by atoms with Gasteiger partial charge >= 0.3 is 0 Å². The molecule has 44 heavy (non-hydrogen) atoms. The average Bonchev–Trinajstić information content (AvgIpc) is 3.31. The lowest BCUT2D eigenvalue weighted by Crippen LogP contribution is -2.16. The van der Waals surface area contributed by atoms with E-state index in [1.807, 2.05) is 6.08 Å². The van der Waals surface area contributed by atoms with Crippen LogP contribution in [-0.4, -0.2) is 0 Å². The van der Waals surface area contributed by atoms with Gasteiger partial charge in [0.05, 0.1) is 1.37 Å². The molecule has 1 heteroatoms. The van der Waals surface area contributed by atoms with Gasteiger partial charge in [-0.15, -0.1) is 0 Å². The van der Waals surface area contributed by atoms with E-state index in [-0.39, 0.29) is 5.41 Å². The summed E-state index contributed by atoms with van der Waals surface area (Å²) in [4.78, 5) is 2.31. The molecular weight excluding hydrogens is 530 g/mol. The topological polar surface area (TPSA) is 3.24 Å². The summed E-state index contributed by atoms with van der Waals surface area (Å²) in [5, 5.41) is 4.80. The van der Waals surface area contributed by atoms with Gasteiger partial charge in [0.25, 0.3) is 0 Å². The molecule has 210 valence electrons. The minimum atomic E-state index is -0.0774. The quantitative estimate of drug-likeness (QED) is 0.148. The number of hydrogen-bond acceptors (Lipinski definition) is 1. The summed E-state index contributed by atoms with van der Waals surface area (Å²) >= 11 is 0. The van der Waals surface area contributed by atoms with Crippen LogP contribution in [0.4, 0.5) is 17.1 Å². The zero-order chi connectivity index (χ0) is 30.5. The molecule has 0 saturated carbocycles. The molecule has 0 aromatic heterocycles. The third-order valence-electron chi connectivity index (χ3n) is 9.16. The summed E-state index contributed by atoms with van der Waals surface area (Å²) in [5.74, 6) is 0. The van der Waals surface area contributed by atoms with Crippen molar-refractivity contribution in [3.05, 3.63) is 174 Å². The summed E-state index contributed by atoms with van der Waals surface area (Å²) in [7, 11) is 0. The minimum Gasteiger partial charge on any atom is -0.310 e. The van der Waals surface area contributed by atoms with Crippen LogP contribution >= 0.6 is 0 Å². The van der Waals surface area contributed by atoms with Crippen LogP contribution in [0.1, 0.15) is 37.5 Å². The number of fused-ring (bicyclic) bond motifs is 6. The minimum absolute atomic E-state index is 0.0774. The number of hydrogen-bond donors (Lipinski definition) is 0.